The van der Waals surface area contributed by atoms with Gasteiger partial charge in [-0.25, -0.2) is 9.59 Å². The van der Waals surface area contributed by atoms with Gasteiger partial charge in [0.2, 0.25) is 0 Å². The van der Waals surface area contributed by atoms with Crippen LogP contribution in [-0.2, 0) is 63.4 Å². The molecule has 1 aromatic rings. The van der Waals surface area contributed by atoms with Crippen molar-refractivity contribution < 1.29 is 63.4 Å². The van der Waals surface area contributed by atoms with Crippen molar-refractivity contribution in [2.75, 3.05) is 14.2 Å². The van der Waals surface area contributed by atoms with Gasteiger partial charge in [-0.3, -0.25) is 0 Å². The molecule has 1 aromatic carbocycles. The van der Waals surface area contributed by atoms with Crippen LogP contribution in [0, 0.1) is 33.3 Å². The summed E-state index contributed by atoms with van der Waals surface area (Å²) in [6.45, 7) is 26.6. The molecule has 0 saturated carbocycles. The first kappa shape index (κ1) is 38.7. The van der Waals surface area contributed by atoms with Crippen molar-refractivity contribution in [2.24, 2.45) is 0 Å². The third-order valence-electron chi connectivity index (χ3n) is 4.90. The van der Waals surface area contributed by atoms with Crippen molar-refractivity contribution in [3.8, 4) is 0 Å². The maximum Gasteiger partial charge on any atom is 0 e. The van der Waals surface area contributed by atoms with Gasteiger partial charge in [-0.1, -0.05) is 18.2 Å². The Balaban J connectivity index is -0.000000364. The molecule has 2 heterocycles. The summed E-state index contributed by atoms with van der Waals surface area (Å²) in [7, 11) is 1.53. The van der Waals surface area contributed by atoms with E-state index in [0.717, 1.165) is 0 Å². The molecule has 3 rings (SSSR count). The van der Waals surface area contributed by atoms with Crippen molar-refractivity contribution in [1.29, 1.82) is 0 Å². The first-order valence-electron chi connectivity index (χ1n) is 8.55. The zero-order valence-corrected chi connectivity index (χ0v) is 22.6. The van der Waals surface area contributed by atoms with Crippen molar-refractivity contribution >= 4 is 25.2 Å². The summed E-state index contributed by atoms with van der Waals surface area (Å²) in [6, 6.07) is 10.2. The van der Waals surface area contributed by atoms with E-state index in [0.29, 0.717) is 11.1 Å². The van der Waals surface area contributed by atoms with Gasteiger partial charge in [0.25, 0.3) is 0 Å². The summed E-state index contributed by atoms with van der Waals surface area (Å²) in [5, 5.41) is 1.23. The van der Waals surface area contributed by atoms with E-state index < -0.39 is 19.9 Å². The zero-order valence-electron chi connectivity index (χ0n) is 18.6. The molecule has 2 aliphatic heterocycles. The monoisotopic (exact) mass is 655 g/mol. The van der Waals surface area contributed by atoms with E-state index >= 15 is 0 Å². The van der Waals surface area contributed by atoms with Gasteiger partial charge in [-0.2, -0.15) is 0 Å². The molecule has 0 aliphatic carbocycles. The summed E-state index contributed by atoms with van der Waals surface area (Å²) in [4.78, 5) is 24.7. The van der Waals surface area contributed by atoms with Crippen LogP contribution < -0.4 is 5.30 Å². The molecule has 34 heavy (non-hydrogen) atoms. The fraction of sp³-hybridized carbons (Fsp3) is 0.261. The van der Waals surface area contributed by atoms with Gasteiger partial charge in [0, 0.05) is 21.1 Å². The van der Waals surface area contributed by atoms with E-state index in [9.17, 15) is 9.59 Å². The average Bonchev–Trinajstić information content (AvgIpc) is 3.40. The van der Waals surface area contributed by atoms with Gasteiger partial charge in [-0.15, -0.1) is 0 Å². The molecule has 2 atom stereocenters. The third-order valence-corrected chi connectivity index (χ3v) is 8.58. The smallest absolute Gasteiger partial charge is 0 e. The molecule has 2 aliphatic rings. The Hall–Kier alpha value is -2.54. The van der Waals surface area contributed by atoms with E-state index in [1.807, 2.05) is 18.2 Å². The van der Waals surface area contributed by atoms with Gasteiger partial charge in [0.1, 0.15) is 11.3 Å². The largest absolute Gasteiger partial charge is 0 e. The number of hydrogen-bond acceptors (Lipinski definition) is 4. The minimum atomic E-state index is -1.19. The van der Waals surface area contributed by atoms with Gasteiger partial charge in [0.05, 0.1) is 38.6 Å². The van der Waals surface area contributed by atoms with Crippen LogP contribution in [0.1, 0.15) is 13.8 Å². The maximum atomic E-state index is 12.4. The molecule has 0 saturated heterocycles. The maximum absolute atomic E-state index is 12.4. The SMILES string of the molecule is COC(=O)C1=C(C(=O)OC)C2C(C)=C(C)C1[PH+]2c1ccccc1.[C-]#[O+].[C-]#[O+].[C-]#[O+].[C-]#[O+].[C-]#[O+].[W]. The Morgan fingerprint density at radius 2 is 1.00 bits per heavy atom. The van der Waals surface area contributed by atoms with E-state index in [4.69, 9.17) is 32.7 Å². The molecule has 0 spiro atoms. The normalized spacial score (nSPS) is 17.8. The van der Waals surface area contributed by atoms with Crippen LogP contribution >= 0.6 is 7.92 Å². The molecule has 11 heteroatoms. The van der Waals surface area contributed by atoms with E-state index in [-0.39, 0.29) is 32.4 Å². The Bertz CT molecular complexity index is 879. The average molecular weight is 655 g/mol. The standard InChI is InChI=1S/C18H19O4P.5CO.W/c1-10-11(2)16-14(18(20)22-4)13(17(19)21-3)15(10)23(16)12-8-6-5-7-9-12;5*1-2;/h5-9,15-16H,1-4H3;;;;;;/p+1. The molecule has 0 N–H and O–H groups in total. The van der Waals surface area contributed by atoms with Crippen LogP contribution in [0.15, 0.2) is 52.6 Å². The minimum absolute atomic E-state index is 0. The number of carbonyl (C=O) groups excluding carboxylic acids is 2. The first-order valence-corrected chi connectivity index (χ1v) is 10.2. The van der Waals surface area contributed by atoms with Gasteiger partial charge < -0.3 is 9.47 Å². The molecular weight excluding hydrogens is 635 g/mol. The van der Waals surface area contributed by atoms with Crippen LogP contribution in [0.2, 0.25) is 0 Å². The predicted octanol–water partition coefficient (Wildman–Crippen LogP) is 2.08. The first-order chi connectivity index (χ1) is 16.0. The molecule has 176 valence electrons. The van der Waals surface area contributed by atoms with Gasteiger partial charge in [0.15, 0.2) is 0 Å². The van der Waals surface area contributed by atoms with Crippen molar-refractivity contribution in [3.05, 3.63) is 85.9 Å². The zero-order chi connectivity index (χ0) is 26.7. The van der Waals surface area contributed by atoms with Gasteiger partial charge >= 0.3 is 68.5 Å². The van der Waals surface area contributed by atoms with Crippen molar-refractivity contribution in [1.82, 2.24) is 0 Å². The summed E-state index contributed by atoms with van der Waals surface area (Å²) >= 11 is 0. The summed E-state index contributed by atoms with van der Waals surface area (Å²) in [5.74, 6) is -0.827. The fourth-order valence-corrected chi connectivity index (χ4v) is 7.92. The van der Waals surface area contributed by atoms with E-state index in [1.54, 1.807) is 0 Å². The van der Waals surface area contributed by atoms with Crippen LogP contribution in [-0.4, -0.2) is 37.5 Å². The van der Waals surface area contributed by atoms with Crippen LogP contribution in [0.5, 0.6) is 0 Å². The Morgan fingerprint density at radius 3 is 1.26 bits per heavy atom. The number of benzene rings is 1. The molecule has 0 amide bonds. The van der Waals surface area contributed by atoms with E-state index in [1.165, 1.54) is 30.7 Å². The Morgan fingerprint density at radius 1 is 0.706 bits per heavy atom. The van der Waals surface area contributed by atoms with Crippen molar-refractivity contribution in [2.45, 2.75) is 25.2 Å². The molecule has 2 bridgehead atoms. The number of rotatable bonds is 3. The second kappa shape index (κ2) is 22.3. The molecule has 0 aromatic heterocycles. The second-order valence-electron chi connectivity index (χ2n) is 5.86. The van der Waals surface area contributed by atoms with E-state index in [2.05, 4.69) is 59.2 Å². The number of fused-ring (bicyclic) bond motifs is 2. The van der Waals surface area contributed by atoms with Gasteiger partial charge in [-0.05, 0) is 37.1 Å². The number of hydrogen-bond donors (Lipinski definition) is 0. The number of methoxy groups -OCH3 is 2. The molecule has 9 nitrogen and oxygen atoms in total. The summed E-state index contributed by atoms with van der Waals surface area (Å²) in [5.41, 5.74) is 3.36. The van der Waals surface area contributed by atoms with Crippen LogP contribution in [0.3, 0.4) is 0 Å². The van der Waals surface area contributed by atoms with Crippen LogP contribution in [0.4, 0.5) is 0 Å². The topological polar surface area (TPSA) is 152 Å². The predicted molar refractivity (Wildman–Crippen MR) is 111 cm³/mol. The number of esters is 2. The summed E-state index contributed by atoms with van der Waals surface area (Å²) in [6.07, 6.45) is 0. The van der Waals surface area contributed by atoms with Crippen molar-refractivity contribution in [3.63, 3.8) is 0 Å². The third kappa shape index (κ3) is 8.35. The molecular formula is C23H20O9PW+. The van der Waals surface area contributed by atoms with Crippen LogP contribution in [0.25, 0.3) is 0 Å². The molecule has 0 fully saturated rings. The Labute approximate surface area is 213 Å². The second-order valence-corrected chi connectivity index (χ2v) is 8.51. The fourth-order valence-electron chi connectivity index (χ4n) is 3.78. The summed E-state index contributed by atoms with van der Waals surface area (Å²) < 4.78 is 47.4. The minimum Gasteiger partial charge on any atom is 0 e. The quantitative estimate of drug-likeness (QED) is 0.161. The Kier molecular flexibility index (Phi) is 25.3. The molecule has 0 radical (unpaired) electrons. The number of ether oxygens (including phenoxy) is 2. The number of carbonyl (C=O) groups is 2. The number of allylic oxidation sites excluding steroid dienone is 2. The molecule has 2 unspecified atom stereocenters.